The molecule has 3 heterocycles. The Morgan fingerprint density at radius 3 is 2.80 bits per heavy atom. The highest BCUT2D eigenvalue weighted by atomic mass is 32.2. The number of aromatic nitrogens is 6. The Bertz CT molecular complexity index is 873. The van der Waals surface area contributed by atoms with Crippen LogP contribution < -0.4 is 11.2 Å². The number of H-pyrrole nitrogens is 2. The Kier molecular flexibility index (Phi) is 2.97. The quantitative estimate of drug-likeness (QED) is 0.660. The van der Waals surface area contributed by atoms with Crippen LogP contribution in [-0.4, -0.2) is 29.1 Å². The predicted molar refractivity (Wildman–Crippen MR) is 74.7 cm³/mol. The van der Waals surface area contributed by atoms with Gasteiger partial charge < -0.3 is 9.97 Å². The molecule has 8 nitrogen and oxygen atoms in total. The van der Waals surface area contributed by atoms with Gasteiger partial charge in [-0.1, -0.05) is 11.8 Å². The molecule has 0 atom stereocenters. The molecule has 0 bridgehead atoms. The van der Waals surface area contributed by atoms with E-state index in [-0.39, 0.29) is 11.2 Å². The van der Waals surface area contributed by atoms with Crippen molar-refractivity contribution in [3.8, 4) is 0 Å². The third-order valence-corrected chi connectivity index (χ3v) is 3.88. The standard InChI is InChI=1S/C11H12N6O2S/c1-16-8-7(9(18)17(2)11(16)19)14-6(15-8)5-20-10-12-3-4-13-10/h3-4H,5H2,1-2H3,(H,12,13)(H,14,15). The van der Waals surface area contributed by atoms with E-state index in [0.29, 0.717) is 22.7 Å². The summed E-state index contributed by atoms with van der Waals surface area (Å²) < 4.78 is 2.41. The van der Waals surface area contributed by atoms with Crippen molar-refractivity contribution in [2.24, 2.45) is 14.1 Å². The molecular formula is C11H12N6O2S. The first-order valence-electron chi connectivity index (χ1n) is 5.84. The number of aryl methyl sites for hydroxylation is 1. The maximum absolute atomic E-state index is 12.0. The fourth-order valence-corrected chi connectivity index (χ4v) is 2.61. The van der Waals surface area contributed by atoms with Gasteiger partial charge in [0.15, 0.2) is 10.8 Å². The van der Waals surface area contributed by atoms with Crippen molar-refractivity contribution in [3.63, 3.8) is 0 Å². The Hall–Kier alpha value is -2.29. The molecule has 0 saturated heterocycles. The maximum Gasteiger partial charge on any atom is 0.332 e. The highest BCUT2D eigenvalue weighted by Crippen LogP contribution is 2.17. The van der Waals surface area contributed by atoms with Gasteiger partial charge in [0.25, 0.3) is 5.56 Å². The molecule has 20 heavy (non-hydrogen) atoms. The molecule has 0 unspecified atom stereocenters. The topological polar surface area (TPSA) is 101 Å². The molecule has 9 heteroatoms. The zero-order valence-electron chi connectivity index (χ0n) is 10.9. The minimum atomic E-state index is -0.390. The van der Waals surface area contributed by atoms with Gasteiger partial charge in [-0.3, -0.25) is 13.9 Å². The van der Waals surface area contributed by atoms with E-state index < -0.39 is 0 Å². The van der Waals surface area contributed by atoms with E-state index in [9.17, 15) is 9.59 Å². The highest BCUT2D eigenvalue weighted by Gasteiger charge is 2.13. The molecule has 0 radical (unpaired) electrons. The van der Waals surface area contributed by atoms with Gasteiger partial charge in [0, 0.05) is 26.5 Å². The van der Waals surface area contributed by atoms with Gasteiger partial charge in [0.05, 0.1) is 5.75 Å². The van der Waals surface area contributed by atoms with Crippen molar-refractivity contribution in [2.45, 2.75) is 10.9 Å². The fourth-order valence-electron chi connectivity index (χ4n) is 1.91. The van der Waals surface area contributed by atoms with E-state index in [0.717, 1.165) is 9.72 Å². The molecule has 0 saturated carbocycles. The molecule has 0 amide bonds. The number of thioether (sulfide) groups is 1. The van der Waals surface area contributed by atoms with Crippen LogP contribution >= 0.6 is 11.8 Å². The summed E-state index contributed by atoms with van der Waals surface area (Å²) in [5.41, 5.74) is -0.0538. The summed E-state index contributed by atoms with van der Waals surface area (Å²) >= 11 is 1.46. The second kappa shape index (κ2) is 4.67. The summed E-state index contributed by atoms with van der Waals surface area (Å²) in [4.78, 5) is 38.1. The fraction of sp³-hybridized carbons (Fsp3) is 0.273. The largest absolute Gasteiger partial charge is 0.340 e. The monoisotopic (exact) mass is 292 g/mol. The van der Waals surface area contributed by atoms with Gasteiger partial charge in [0.1, 0.15) is 11.3 Å². The van der Waals surface area contributed by atoms with Crippen molar-refractivity contribution in [2.75, 3.05) is 0 Å². The third kappa shape index (κ3) is 1.95. The van der Waals surface area contributed by atoms with Crippen LogP contribution in [-0.2, 0) is 19.8 Å². The van der Waals surface area contributed by atoms with Crippen molar-refractivity contribution < 1.29 is 0 Å². The van der Waals surface area contributed by atoms with Crippen LogP contribution in [0.4, 0.5) is 0 Å². The smallest absolute Gasteiger partial charge is 0.332 e. The molecule has 2 N–H and O–H groups in total. The van der Waals surface area contributed by atoms with Crippen molar-refractivity contribution in [3.05, 3.63) is 39.1 Å². The lowest BCUT2D eigenvalue weighted by Crippen LogP contribution is -2.36. The summed E-state index contributed by atoms with van der Waals surface area (Å²) in [6, 6.07) is 0. The highest BCUT2D eigenvalue weighted by molar-refractivity contribution is 7.98. The molecular weight excluding hydrogens is 280 g/mol. The molecule has 3 rings (SSSR count). The lowest BCUT2D eigenvalue weighted by Gasteiger charge is -2.00. The SMILES string of the molecule is Cn1c(=O)c2[nH]c(CSc3ncc[nH]3)nc2n(C)c1=O. The molecule has 0 aliphatic carbocycles. The van der Waals surface area contributed by atoms with Gasteiger partial charge in [-0.15, -0.1) is 0 Å². The number of nitrogens with zero attached hydrogens (tertiary/aromatic N) is 4. The van der Waals surface area contributed by atoms with Gasteiger partial charge in [0.2, 0.25) is 0 Å². The number of hydrogen-bond donors (Lipinski definition) is 2. The maximum atomic E-state index is 12.0. The lowest BCUT2D eigenvalue weighted by atomic mass is 10.5. The molecule has 3 aromatic heterocycles. The first kappa shape index (κ1) is 12.7. The molecule has 104 valence electrons. The average molecular weight is 292 g/mol. The number of imidazole rings is 2. The first-order valence-corrected chi connectivity index (χ1v) is 6.83. The zero-order chi connectivity index (χ0) is 14.3. The Balaban J connectivity index is 2.03. The molecule has 0 aromatic carbocycles. The first-order chi connectivity index (χ1) is 9.58. The van der Waals surface area contributed by atoms with Gasteiger partial charge in [-0.25, -0.2) is 14.8 Å². The number of aromatic amines is 2. The zero-order valence-corrected chi connectivity index (χ0v) is 11.7. The number of nitrogens with one attached hydrogen (secondary N) is 2. The summed E-state index contributed by atoms with van der Waals surface area (Å²) in [5, 5.41) is 0.771. The van der Waals surface area contributed by atoms with Crippen LogP contribution in [0.25, 0.3) is 11.2 Å². The molecule has 0 aliphatic heterocycles. The second-order valence-corrected chi connectivity index (χ2v) is 5.23. The molecule has 0 aliphatic rings. The van der Waals surface area contributed by atoms with Crippen LogP contribution in [0.5, 0.6) is 0 Å². The van der Waals surface area contributed by atoms with E-state index >= 15 is 0 Å². The van der Waals surface area contributed by atoms with Crippen LogP contribution in [0.15, 0.2) is 27.1 Å². The summed E-state index contributed by atoms with van der Waals surface area (Å²) in [6.07, 6.45) is 3.40. The summed E-state index contributed by atoms with van der Waals surface area (Å²) in [7, 11) is 3.04. The predicted octanol–water partition coefficient (Wildman–Crippen LogP) is -0.0243. The minimum Gasteiger partial charge on any atom is -0.340 e. The van der Waals surface area contributed by atoms with Gasteiger partial charge in [-0.2, -0.15) is 0 Å². The van der Waals surface area contributed by atoms with E-state index in [2.05, 4.69) is 19.9 Å². The lowest BCUT2D eigenvalue weighted by molar-refractivity contribution is 0.708. The van der Waals surface area contributed by atoms with Crippen LogP contribution in [0.1, 0.15) is 5.82 Å². The normalized spacial score (nSPS) is 11.3. The van der Waals surface area contributed by atoms with Gasteiger partial charge >= 0.3 is 5.69 Å². The van der Waals surface area contributed by atoms with Crippen LogP contribution in [0.2, 0.25) is 0 Å². The van der Waals surface area contributed by atoms with Crippen molar-refractivity contribution in [1.29, 1.82) is 0 Å². The van der Waals surface area contributed by atoms with Crippen LogP contribution in [0.3, 0.4) is 0 Å². The van der Waals surface area contributed by atoms with Crippen molar-refractivity contribution >= 4 is 22.9 Å². The third-order valence-electron chi connectivity index (χ3n) is 2.96. The Morgan fingerprint density at radius 1 is 1.30 bits per heavy atom. The average Bonchev–Trinajstić information content (AvgIpc) is 3.09. The van der Waals surface area contributed by atoms with Crippen LogP contribution in [0, 0.1) is 0 Å². The van der Waals surface area contributed by atoms with E-state index in [1.54, 1.807) is 19.4 Å². The van der Waals surface area contributed by atoms with E-state index in [1.807, 2.05) is 0 Å². The second-order valence-electron chi connectivity index (χ2n) is 4.27. The number of fused-ring (bicyclic) bond motifs is 1. The number of hydrogen-bond acceptors (Lipinski definition) is 5. The summed E-state index contributed by atoms with van der Waals surface area (Å²) in [5.74, 6) is 1.15. The van der Waals surface area contributed by atoms with Gasteiger partial charge in [-0.05, 0) is 0 Å². The van der Waals surface area contributed by atoms with Crippen molar-refractivity contribution in [1.82, 2.24) is 29.1 Å². The number of rotatable bonds is 3. The molecule has 3 aromatic rings. The minimum absolute atomic E-state index is 0.338. The van der Waals surface area contributed by atoms with E-state index in [1.165, 1.54) is 23.4 Å². The molecule has 0 fully saturated rings. The molecule has 0 spiro atoms. The Labute approximate surface area is 116 Å². The summed E-state index contributed by atoms with van der Waals surface area (Å²) in [6.45, 7) is 0. The van der Waals surface area contributed by atoms with E-state index in [4.69, 9.17) is 0 Å². The Morgan fingerprint density at radius 2 is 2.10 bits per heavy atom.